The van der Waals surface area contributed by atoms with Crippen molar-refractivity contribution in [3.63, 3.8) is 0 Å². The first-order valence-corrected chi connectivity index (χ1v) is 8.81. The number of imidazole rings is 1. The zero-order valence-corrected chi connectivity index (χ0v) is 15.2. The number of thioether (sulfide) groups is 1. The van der Waals surface area contributed by atoms with Crippen LogP contribution >= 0.6 is 11.8 Å². The lowest BCUT2D eigenvalue weighted by atomic mass is 10.2. The number of ether oxygens (including phenoxy) is 1. The monoisotopic (exact) mass is 370 g/mol. The Morgan fingerprint density at radius 3 is 2.92 bits per heavy atom. The van der Waals surface area contributed by atoms with Crippen molar-refractivity contribution in [3.05, 3.63) is 48.0 Å². The fourth-order valence-corrected chi connectivity index (χ4v) is 3.18. The zero-order chi connectivity index (χ0) is 18.5. The third kappa shape index (κ3) is 3.80. The smallest absolute Gasteiger partial charge is 0.250 e. The van der Waals surface area contributed by atoms with Crippen LogP contribution in [0.4, 0.5) is 0 Å². The molecule has 0 saturated heterocycles. The highest BCUT2D eigenvalue weighted by Crippen LogP contribution is 2.28. The molecule has 1 heterocycles. The minimum absolute atomic E-state index is 0.0259. The Hall–Kier alpha value is -3.00. The van der Waals surface area contributed by atoms with Gasteiger partial charge in [-0.05, 0) is 24.3 Å². The van der Waals surface area contributed by atoms with Gasteiger partial charge in [-0.2, -0.15) is 5.10 Å². The number of hydrogen-bond donors (Lipinski definition) is 2. The molecule has 1 aromatic heterocycles. The highest BCUT2D eigenvalue weighted by molar-refractivity contribution is 7.99. The summed E-state index contributed by atoms with van der Waals surface area (Å²) in [5.41, 5.74) is 4.80. The van der Waals surface area contributed by atoms with Crippen molar-refractivity contribution in [2.45, 2.75) is 5.16 Å². The van der Waals surface area contributed by atoms with Gasteiger partial charge in [0.15, 0.2) is 16.7 Å². The molecule has 2 aromatic carbocycles. The number of hydrazone groups is 1. The number of phenolic OH excluding ortho intramolecular Hbond substituents is 1. The predicted octanol–water partition coefficient (Wildman–Crippen LogP) is 2.53. The lowest BCUT2D eigenvalue weighted by molar-refractivity contribution is -0.118. The molecular formula is C18H18N4O3S. The summed E-state index contributed by atoms with van der Waals surface area (Å²) < 4.78 is 6.97. The third-order valence-corrected chi connectivity index (χ3v) is 4.75. The molecular weight excluding hydrogens is 352 g/mol. The fraction of sp³-hybridized carbons (Fsp3) is 0.167. The van der Waals surface area contributed by atoms with E-state index in [4.69, 9.17) is 4.74 Å². The summed E-state index contributed by atoms with van der Waals surface area (Å²) in [6.45, 7) is 0. The molecule has 0 fully saturated rings. The van der Waals surface area contributed by atoms with Crippen LogP contribution < -0.4 is 10.2 Å². The zero-order valence-electron chi connectivity index (χ0n) is 14.3. The number of carbonyl (C=O) groups excluding carboxylic acids is 1. The summed E-state index contributed by atoms with van der Waals surface area (Å²) >= 11 is 1.33. The van der Waals surface area contributed by atoms with Crippen LogP contribution in [-0.2, 0) is 11.8 Å². The summed E-state index contributed by atoms with van der Waals surface area (Å²) in [5.74, 6) is 0.235. The molecule has 7 nitrogen and oxygen atoms in total. The van der Waals surface area contributed by atoms with Crippen LogP contribution in [0, 0.1) is 0 Å². The largest absolute Gasteiger partial charge is 0.504 e. The molecule has 0 saturated carbocycles. The van der Waals surface area contributed by atoms with E-state index in [0.717, 1.165) is 16.2 Å². The number of rotatable bonds is 6. The third-order valence-electron chi connectivity index (χ3n) is 3.72. The van der Waals surface area contributed by atoms with Gasteiger partial charge < -0.3 is 14.4 Å². The summed E-state index contributed by atoms with van der Waals surface area (Å²) in [6.07, 6.45) is 1.37. The van der Waals surface area contributed by atoms with Crippen molar-refractivity contribution in [3.8, 4) is 11.5 Å². The molecule has 2 N–H and O–H groups in total. The first-order chi connectivity index (χ1) is 12.6. The van der Waals surface area contributed by atoms with Gasteiger partial charge in [-0.15, -0.1) is 0 Å². The number of aryl methyl sites for hydroxylation is 1. The second-order valence-electron chi connectivity index (χ2n) is 5.42. The number of carbonyl (C=O) groups is 1. The topological polar surface area (TPSA) is 88.7 Å². The second-order valence-corrected chi connectivity index (χ2v) is 6.36. The number of aromatic hydroxyl groups is 1. The van der Waals surface area contributed by atoms with Gasteiger partial charge in [-0.3, -0.25) is 4.79 Å². The molecule has 0 aliphatic heterocycles. The number of amides is 1. The lowest BCUT2D eigenvalue weighted by Crippen LogP contribution is -2.19. The Morgan fingerprint density at radius 1 is 1.35 bits per heavy atom. The SMILES string of the molecule is COc1cccc(/C=N\NC(=O)CSc2nc3ccccc3n2C)c1O. The van der Waals surface area contributed by atoms with Gasteiger partial charge in [0, 0.05) is 12.6 Å². The maximum absolute atomic E-state index is 12.0. The molecule has 1 amide bonds. The quantitative estimate of drug-likeness (QED) is 0.395. The van der Waals surface area contributed by atoms with Crippen molar-refractivity contribution in [2.75, 3.05) is 12.9 Å². The summed E-state index contributed by atoms with van der Waals surface area (Å²) in [5, 5.41) is 14.6. The number of fused-ring (bicyclic) bond motifs is 1. The summed E-state index contributed by atoms with van der Waals surface area (Å²) in [6, 6.07) is 12.8. The van der Waals surface area contributed by atoms with Crippen molar-refractivity contribution in [1.82, 2.24) is 15.0 Å². The highest BCUT2D eigenvalue weighted by atomic mass is 32.2. The number of methoxy groups -OCH3 is 1. The molecule has 3 rings (SSSR count). The van der Waals surface area contributed by atoms with Crippen molar-refractivity contribution in [1.29, 1.82) is 0 Å². The first kappa shape index (κ1) is 17.8. The normalized spacial score (nSPS) is 11.2. The van der Waals surface area contributed by atoms with E-state index >= 15 is 0 Å². The minimum atomic E-state index is -0.263. The van der Waals surface area contributed by atoms with E-state index in [2.05, 4.69) is 15.5 Å². The predicted molar refractivity (Wildman–Crippen MR) is 102 cm³/mol. The highest BCUT2D eigenvalue weighted by Gasteiger charge is 2.10. The van der Waals surface area contributed by atoms with Gasteiger partial charge in [0.1, 0.15) is 0 Å². The minimum Gasteiger partial charge on any atom is -0.504 e. The molecule has 0 atom stereocenters. The van der Waals surface area contributed by atoms with Crippen LogP contribution in [0.2, 0.25) is 0 Å². The summed E-state index contributed by atoms with van der Waals surface area (Å²) in [4.78, 5) is 16.5. The molecule has 0 aliphatic rings. The van der Waals surface area contributed by atoms with Crippen LogP contribution in [0.5, 0.6) is 11.5 Å². The van der Waals surface area contributed by atoms with Gasteiger partial charge in [0.05, 0.1) is 30.1 Å². The number of hydrogen-bond acceptors (Lipinski definition) is 6. The number of aromatic nitrogens is 2. The standard InChI is InChI=1S/C18H18N4O3S/c1-22-14-8-4-3-7-13(14)20-18(22)26-11-16(23)21-19-10-12-6-5-9-15(25-2)17(12)24/h3-10,24H,11H2,1-2H3,(H,21,23)/b19-10-. The van der Waals surface area contributed by atoms with Gasteiger partial charge in [0.25, 0.3) is 5.91 Å². The Morgan fingerprint density at radius 2 is 2.15 bits per heavy atom. The van der Waals surface area contributed by atoms with Gasteiger partial charge in [-0.1, -0.05) is 30.0 Å². The number of phenols is 1. The lowest BCUT2D eigenvalue weighted by Gasteiger charge is -2.05. The van der Waals surface area contributed by atoms with Crippen LogP contribution in [0.3, 0.4) is 0 Å². The van der Waals surface area contributed by atoms with E-state index in [0.29, 0.717) is 11.3 Å². The van der Waals surface area contributed by atoms with Crippen LogP contribution in [-0.4, -0.2) is 39.6 Å². The average Bonchev–Trinajstić information content (AvgIpc) is 2.98. The molecule has 26 heavy (non-hydrogen) atoms. The van der Waals surface area contributed by atoms with E-state index in [9.17, 15) is 9.90 Å². The number of nitrogens with zero attached hydrogens (tertiary/aromatic N) is 3. The molecule has 0 radical (unpaired) electrons. The molecule has 0 unspecified atom stereocenters. The van der Waals surface area contributed by atoms with Crippen molar-refractivity contribution < 1.29 is 14.6 Å². The second kappa shape index (κ2) is 7.92. The number of nitrogens with one attached hydrogen (secondary N) is 1. The number of para-hydroxylation sites is 3. The molecule has 3 aromatic rings. The van der Waals surface area contributed by atoms with Gasteiger partial charge in [0.2, 0.25) is 0 Å². The number of benzene rings is 2. The van der Waals surface area contributed by atoms with E-state index in [1.54, 1.807) is 18.2 Å². The van der Waals surface area contributed by atoms with Crippen LogP contribution in [0.1, 0.15) is 5.56 Å². The maximum Gasteiger partial charge on any atom is 0.250 e. The molecule has 0 bridgehead atoms. The van der Waals surface area contributed by atoms with Crippen LogP contribution in [0.15, 0.2) is 52.7 Å². The van der Waals surface area contributed by atoms with Gasteiger partial charge >= 0.3 is 0 Å². The average molecular weight is 370 g/mol. The van der Waals surface area contributed by atoms with E-state index in [1.807, 2.05) is 35.9 Å². The molecule has 0 aliphatic carbocycles. The van der Waals surface area contributed by atoms with E-state index < -0.39 is 0 Å². The first-order valence-electron chi connectivity index (χ1n) is 7.82. The van der Waals surface area contributed by atoms with Gasteiger partial charge in [-0.25, -0.2) is 10.4 Å². The van der Waals surface area contributed by atoms with E-state index in [1.165, 1.54) is 25.1 Å². The molecule has 0 spiro atoms. The van der Waals surface area contributed by atoms with Crippen molar-refractivity contribution >= 4 is 34.9 Å². The molecule has 134 valence electrons. The Bertz CT molecular complexity index is 968. The van der Waals surface area contributed by atoms with Crippen molar-refractivity contribution in [2.24, 2.45) is 12.1 Å². The van der Waals surface area contributed by atoms with Crippen LogP contribution in [0.25, 0.3) is 11.0 Å². The maximum atomic E-state index is 12.0. The fourth-order valence-electron chi connectivity index (χ4n) is 2.40. The molecule has 8 heteroatoms. The Labute approximate surface area is 154 Å². The summed E-state index contributed by atoms with van der Waals surface area (Å²) in [7, 11) is 3.38. The Balaban J connectivity index is 1.58. The Kier molecular flexibility index (Phi) is 5.43. The van der Waals surface area contributed by atoms with E-state index in [-0.39, 0.29) is 17.4 Å².